The third-order valence-corrected chi connectivity index (χ3v) is 11.7. The lowest BCUT2D eigenvalue weighted by atomic mass is 9.83. The number of hydrogen-bond acceptors (Lipinski definition) is 4. The summed E-state index contributed by atoms with van der Waals surface area (Å²) >= 11 is 0. The van der Waals surface area contributed by atoms with Gasteiger partial charge in [-0.15, -0.1) is 0 Å². The summed E-state index contributed by atoms with van der Waals surface area (Å²) < 4.78 is 0. The van der Waals surface area contributed by atoms with Crippen molar-refractivity contribution in [3.05, 3.63) is 187 Å². The first kappa shape index (κ1) is 33.6. The van der Waals surface area contributed by atoms with Crippen molar-refractivity contribution in [2.24, 2.45) is 0 Å². The third kappa shape index (κ3) is 5.25. The van der Waals surface area contributed by atoms with E-state index in [1.165, 1.54) is 44.2 Å². The maximum Gasteiger partial charge on any atom is 0.165 e. The summed E-state index contributed by atoms with van der Waals surface area (Å²) in [6.45, 7) is 4.18. The van der Waals surface area contributed by atoms with Gasteiger partial charge in [-0.2, -0.15) is 5.26 Å². The molecule has 0 saturated heterocycles. The molecule has 1 aromatic heterocycles. The fourth-order valence-electron chi connectivity index (χ4n) is 8.88. The fraction of sp³-hybridized carbons (Fsp3) is 0.0370. The summed E-state index contributed by atoms with van der Waals surface area (Å²) in [5.74, 6) is 1.91. The number of aryl methyl sites for hydroxylation is 2. The predicted molar refractivity (Wildman–Crippen MR) is 238 cm³/mol. The van der Waals surface area contributed by atoms with Gasteiger partial charge in [-0.1, -0.05) is 169 Å². The van der Waals surface area contributed by atoms with Crippen LogP contribution in [-0.2, 0) is 0 Å². The van der Waals surface area contributed by atoms with Crippen LogP contribution in [0, 0.1) is 25.2 Å². The number of nitrogens with zero attached hydrogens (tertiary/aromatic N) is 4. The van der Waals surface area contributed by atoms with E-state index in [0.717, 1.165) is 60.5 Å². The molecule has 0 aliphatic heterocycles. The molecule has 0 amide bonds. The second-order valence-electron chi connectivity index (χ2n) is 15.2. The molecule has 11 rings (SSSR count). The summed E-state index contributed by atoms with van der Waals surface area (Å²) in [5.41, 5.74) is 15.4. The van der Waals surface area contributed by atoms with E-state index in [1.807, 2.05) is 12.1 Å². The molecule has 0 bridgehead atoms. The summed E-state index contributed by atoms with van der Waals surface area (Å²) in [6, 6.07) is 62.3. The van der Waals surface area contributed by atoms with Crippen molar-refractivity contribution in [2.45, 2.75) is 13.8 Å². The Hall–Kier alpha value is -7.74. The minimum Gasteiger partial charge on any atom is -0.208 e. The number of benzene rings is 9. The molecule has 0 N–H and O–H groups in total. The second kappa shape index (κ2) is 13.2. The highest BCUT2D eigenvalue weighted by Gasteiger charge is 2.27. The first-order chi connectivity index (χ1) is 28.5. The Morgan fingerprint density at radius 2 is 0.741 bits per heavy atom. The van der Waals surface area contributed by atoms with Crippen molar-refractivity contribution in [2.75, 3.05) is 0 Å². The Morgan fingerprint density at radius 1 is 0.345 bits per heavy atom. The minimum atomic E-state index is 0.634. The summed E-state index contributed by atoms with van der Waals surface area (Å²) in [6.07, 6.45) is 0. The topological polar surface area (TPSA) is 62.5 Å². The van der Waals surface area contributed by atoms with Crippen LogP contribution in [0.3, 0.4) is 0 Å². The fourth-order valence-corrected chi connectivity index (χ4v) is 8.88. The lowest BCUT2D eigenvalue weighted by Crippen LogP contribution is -2.02. The van der Waals surface area contributed by atoms with Gasteiger partial charge in [0, 0.05) is 16.7 Å². The standard InChI is InChI=1S/C54H34N4/c1-32-15-21-36(22-16-32)52-56-53(37-23-17-33(2)18-24-37)58-54(57-52)51-43-13-7-5-11-41(43)48(42-12-6-8-14-44(42)51)47-30-29-46-40-10-4-3-9-39(40)45-28-27-38(49(47)50(45)46)35-25-19-34(31-55)20-26-35/h3-30H,1-2H3. The van der Waals surface area contributed by atoms with Crippen LogP contribution < -0.4 is 0 Å². The van der Waals surface area contributed by atoms with Crippen LogP contribution in [0.5, 0.6) is 0 Å². The number of aromatic nitrogens is 3. The van der Waals surface area contributed by atoms with Gasteiger partial charge < -0.3 is 0 Å². The van der Waals surface area contributed by atoms with Crippen LogP contribution in [0.15, 0.2) is 170 Å². The SMILES string of the molecule is Cc1ccc(-c2nc(-c3ccc(C)cc3)nc(-c3c4ccccc4c(-c4ccc5c6c(ccc(-c7ccc(C#N)cc7)c46)-c4ccccc4-5)c4ccccc34)n2)cc1. The van der Waals surface area contributed by atoms with Crippen LogP contribution in [0.4, 0.5) is 0 Å². The van der Waals surface area contributed by atoms with Crippen LogP contribution in [0.2, 0.25) is 0 Å². The maximum atomic E-state index is 9.65. The highest BCUT2D eigenvalue weighted by Crippen LogP contribution is 2.54. The Morgan fingerprint density at radius 3 is 1.24 bits per heavy atom. The van der Waals surface area contributed by atoms with Crippen molar-refractivity contribution in [3.63, 3.8) is 0 Å². The van der Waals surface area contributed by atoms with Crippen molar-refractivity contribution >= 4 is 32.3 Å². The molecule has 4 nitrogen and oxygen atoms in total. The van der Waals surface area contributed by atoms with Gasteiger partial charge in [-0.3, -0.25) is 0 Å². The summed E-state index contributed by atoms with van der Waals surface area (Å²) in [7, 11) is 0. The number of fused-ring (bicyclic) bond motifs is 5. The minimum absolute atomic E-state index is 0.634. The number of rotatable bonds is 5. The van der Waals surface area contributed by atoms with Gasteiger partial charge in [0.15, 0.2) is 17.5 Å². The van der Waals surface area contributed by atoms with Crippen LogP contribution in [0.25, 0.3) is 111 Å². The molecule has 4 heteroatoms. The Balaban J connectivity index is 1.24. The summed E-state index contributed by atoms with van der Waals surface area (Å²) in [5, 5.41) is 16.5. The van der Waals surface area contributed by atoms with Gasteiger partial charge >= 0.3 is 0 Å². The van der Waals surface area contributed by atoms with Gasteiger partial charge in [-0.05, 0) is 103 Å². The highest BCUT2D eigenvalue weighted by atomic mass is 15.0. The molecule has 0 fully saturated rings. The van der Waals surface area contributed by atoms with Crippen LogP contribution >= 0.6 is 0 Å². The van der Waals surface area contributed by atoms with Crippen molar-refractivity contribution in [1.82, 2.24) is 15.0 Å². The highest BCUT2D eigenvalue weighted by molar-refractivity contribution is 6.28. The molecular weight excluding hydrogens is 705 g/mol. The third-order valence-electron chi connectivity index (χ3n) is 11.7. The Labute approximate surface area is 336 Å². The van der Waals surface area contributed by atoms with E-state index in [-0.39, 0.29) is 0 Å². The molecule has 1 aliphatic carbocycles. The Bertz CT molecular complexity index is 3190. The second-order valence-corrected chi connectivity index (χ2v) is 15.2. The molecular formula is C54H34N4. The first-order valence-electron chi connectivity index (χ1n) is 19.6. The molecule has 1 aliphatic rings. The maximum absolute atomic E-state index is 9.65. The van der Waals surface area contributed by atoms with Crippen LogP contribution in [0.1, 0.15) is 16.7 Å². The van der Waals surface area contributed by atoms with Crippen molar-refractivity contribution in [3.8, 4) is 84.7 Å². The van der Waals surface area contributed by atoms with E-state index in [9.17, 15) is 5.26 Å². The number of hydrogen-bond donors (Lipinski definition) is 0. The molecule has 58 heavy (non-hydrogen) atoms. The summed E-state index contributed by atoms with van der Waals surface area (Å²) in [4.78, 5) is 15.6. The van der Waals surface area contributed by atoms with Gasteiger partial charge in [-0.25, -0.2) is 15.0 Å². The lowest BCUT2D eigenvalue weighted by Gasteiger charge is -2.20. The average molecular weight is 739 g/mol. The Kier molecular flexibility index (Phi) is 7.64. The van der Waals surface area contributed by atoms with Gasteiger partial charge in [0.1, 0.15) is 0 Å². The number of nitriles is 1. The molecule has 0 unspecified atom stereocenters. The van der Waals surface area contributed by atoms with Crippen LogP contribution in [-0.4, -0.2) is 15.0 Å². The zero-order valence-corrected chi connectivity index (χ0v) is 32.0. The molecule has 0 saturated carbocycles. The monoisotopic (exact) mass is 738 g/mol. The van der Waals surface area contributed by atoms with E-state index in [2.05, 4.69) is 178 Å². The van der Waals surface area contributed by atoms with Gasteiger partial charge in [0.05, 0.1) is 11.6 Å². The normalized spacial score (nSPS) is 11.6. The molecule has 9 aromatic carbocycles. The van der Waals surface area contributed by atoms with Gasteiger partial charge in [0.25, 0.3) is 0 Å². The first-order valence-corrected chi connectivity index (χ1v) is 19.6. The van der Waals surface area contributed by atoms with E-state index in [0.29, 0.717) is 23.0 Å². The quantitative estimate of drug-likeness (QED) is 0.165. The average Bonchev–Trinajstić information content (AvgIpc) is 3.60. The van der Waals surface area contributed by atoms with E-state index in [1.54, 1.807) is 0 Å². The molecule has 10 aromatic rings. The van der Waals surface area contributed by atoms with E-state index in [4.69, 9.17) is 15.0 Å². The van der Waals surface area contributed by atoms with E-state index < -0.39 is 0 Å². The smallest absolute Gasteiger partial charge is 0.165 e. The lowest BCUT2D eigenvalue weighted by molar-refractivity contribution is 1.08. The van der Waals surface area contributed by atoms with Crippen molar-refractivity contribution < 1.29 is 0 Å². The molecule has 1 heterocycles. The molecule has 0 atom stereocenters. The predicted octanol–water partition coefficient (Wildman–Crippen LogP) is 13.8. The van der Waals surface area contributed by atoms with Crippen molar-refractivity contribution in [1.29, 1.82) is 5.26 Å². The zero-order valence-electron chi connectivity index (χ0n) is 32.0. The van der Waals surface area contributed by atoms with E-state index >= 15 is 0 Å². The molecule has 270 valence electrons. The molecule has 0 spiro atoms. The molecule has 0 radical (unpaired) electrons. The zero-order chi connectivity index (χ0) is 38.9. The van der Waals surface area contributed by atoms with Gasteiger partial charge in [0.2, 0.25) is 0 Å². The largest absolute Gasteiger partial charge is 0.208 e.